The lowest BCUT2D eigenvalue weighted by molar-refractivity contribution is 0.0846. The van der Waals surface area contributed by atoms with E-state index in [0.717, 1.165) is 24.7 Å². The zero-order valence-electron chi connectivity index (χ0n) is 9.68. The van der Waals surface area contributed by atoms with Gasteiger partial charge in [0.05, 0.1) is 17.8 Å². The predicted octanol–water partition coefficient (Wildman–Crippen LogP) is 0.921. The third kappa shape index (κ3) is 1.32. The van der Waals surface area contributed by atoms with Crippen molar-refractivity contribution in [2.75, 3.05) is 30.3 Å². The minimum atomic E-state index is -0.00769. The number of nitrogens with zero attached hydrogens (tertiary/aromatic N) is 3. The van der Waals surface area contributed by atoms with Gasteiger partial charge in [-0.15, -0.1) is 0 Å². The van der Waals surface area contributed by atoms with Crippen LogP contribution in [-0.4, -0.2) is 36.4 Å². The second-order valence-electron chi connectivity index (χ2n) is 4.16. The molecule has 0 saturated heterocycles. The summed E-state index contributed by atoms with van der Waals surface area (Å²) in [6.07, 6.45) is 0. The summed E-state index contributed by atoms with van der Waals surface area (Å²) in [6, 6.07) is 5.47. The first-order valence-electron chi connectivity index (χ1n) is 5.75. The summed E-state index contributed by atoms with van der Waals surface area (Å²) in [5, 5.41) is 0. The zero-order valence-corrected chi connectivity index (χ0v) is 9.68. The molecule has 0 atom stereocenters. The summed E-state index contributed by atoms with van der Waals surface area (Å²) >= 11 is 0. The number of anilines is 2. The van der Waals surface area contributed by atoms with Crippen molar-refractivity contribution in [1.82, 2.24) is 4.90 Å². The smallest absolute Gasteiger partial charge is 0.262 e. The van der Waals surface area contributed by atoms with Gasteiger partial charge in [-0.2, -0.15) is 0 Å². The van der Waals surface area contributed by atoms with E-state index in [2.05, 4.69) is 9.89 Å². The molecule has 88 valence electrons. The standard InChI is InChI=1S/C12H14N4O/c1-2-15-11(17)9-7-8(13)3-4-10(9)16-6-5-14-12(15)16/h3-4,7H,2,5-6,13H2,1H3. The fraction of sp³-hybridized carbons (Fsp3) is 0.333. The number of carbonyl (C=O) groups is 1. The van der Waals surface area contributed by atoms with Crippen LogP contribution in [0.1, 0.15) is 17.3 Å². The van der Waals surface area contributed by atoms with Crippen LogP contribution in [0.15, 0.2) is 23.2 Å². The molecule has 0 fully saturated rings. The molecule has 3 rings (SSSR count). The molecule has 1 amide bonds. The molecule has 0 radical (unpaired) electrons. The van der Waals surface area contributed by atoms with Crippen molar-refractivity contribution >= 4 is 23.2 Å². The molecule has 0 saturated carbocycles. The summed E-state index contributed by atoms with van der Waals surface area (Å²) in [7, 11) is 0. The van der Waals surface area contributed by atoms with Gasteiger partial charge in [-0.1, -0.05) is 0 Å². The van der Waals surface area contributed by atoms with E-state index in [0.29, 0.717) is 17.8 Å². The molecular weight excluding hydrogens is 216 g/mol. The topological polar surface area (TPSA) is 61.9 Å². The average Bonchev–Trinajstić information content (AvgIpc) is 2.79. The van der Waals surface area contributed by atoms with E-state index in [1.54, 1.807) is 11.0 Å². The molecule has 0 unspecified atom stereocenters. The van der Waals surface area contributed by atoms with E-state index >= 15 is 0 Å². The number of rotatable bonds is 1. The molecule has 5 nitrogen and oxygen atoms in total. The minimum absolute atomic E-state index is 0.00769. The van der Waals surface area contributed by atoms with Crippen molar-refractivity contribution in [2.45, 2.75) is 6.92 Å². The maximum Gasteiger partial charge on any atom is 0.262 e. The van der Waals surface area contributed by atoms with E-state index in [1.807, 2.05) is 19.1 Å². The van der Waals surface area contributed by atoms with E-state index in [4.69, 9.17) is 5.73 Å². The molecule has 2 N–H and O–H groups in total. The first-order valence-corrected chi connectivity index (χ1v) is 5.75. The maximum atomic E-state index is 12.3. The fourth-order valence-corrected chi connectivity index (χ4v) is 2.38. The van der Waals surface area contributed by atoms with E-state index < -0.39 is 0 Å². The SMILES string of the molecule is CCN1C(=O)c2cc(N)ccc2N2CCN=C12. The van der Waals surface area contributed by atoms with Crippen LogP contribution in [0.25, 0.3) is 0 Å². The summed E-state index contributed by atoms with van der Waals surface area (Å²) in [4.78, 5) is 20.5. The van der Waals surface area contributed by atoms with E-state index in [-0.39, 0.29) is 5.91 Å². The lowest BCUT2D eigenvalue weighted by Crippen LogP contribution is -2.49. The Labute approximate surface area is 99.5 Å². The number of fused-ring (bicyclic) bond motifs is 3. The van der Waals surface area contributed by atoms with Gasteiger partial charge in [0, 0.05) is 18.8 Å². The van der Waals surface area contributed by atoms with Crippen molar-refractivity contribution in [3.63, 3.8) is 0 Å². The number of carbonyl (C=O) groups excluding carboxylic acids is 1. The van der Waals surface area contributed by atoms with Crippen LogP contribution in [0.4, 0.5) is 11.4 Å². The third-order valence-corrected chi connectivity index (χ3v) is 3.16. The van der Waals surface area contributed by atoms with Crippen LogP contribution in [0.2, 0.25) is 0 Å². The Balaban J connectivity index is 2.19. The number of nitrogen functional groups attached to an aromatic ring is 1. The highest BCUT2D eigenvalue weighted by molar-refractivity contribution is 6.19. The van der Waals surface area contributed by atoms with Crippen LogP contribution < -0.4 is 10.6 Å². The van der Waals surface area contributed by atoms with Crippen molar-refractivity contribution in [3.8, 4) is 0 Å². The highest BCUT2D eigenvalue weighted by atomic mass is 16.2. The lowest BCUT2D eigenvalue weighted by Gasteiger charge is -2.35. The first kappa shape index (κ1) is 10.1. The first-order chi connectivity index (χ1) is 8.22. The number of hydrogen-bond acceptors (Lipinski definition) is 4. The molecule has 0 spiro atoms. The predicted molar refractivity (Wildman–Crippen MR) is 67.2 cm³/mol. The number of amides is 1. The Bertz CT molecular complexity index is 523. The third-order valence-electron chi connectivity index (χ3n) is 3.16. The lowest BCUT2D eigenvalue weighted by atomic mass is 10.1. The number of benzene rings is 1. The molecule has 2 aliphatic rings. The van der Waals surface area contributed by atoms with Gasteiger partial charge in [0.25, 0.3) is 5.91 Å². The van der Waals surface area contributed by atoms with Gasteiger partial charge in [-0.3, -0.25) is 14.7 Å². The van der Waals surface area contributed by atoms with Crippen molar-refractivity contribution in [3.05, 3.63) is 23.8 Å². The summed E-state index contributed by atoms with van der Waals surface area (Å²) in [5.41, 5.74) is 7.96. The number of aliphatic imine (C=N–C) groups is 1. The second-order valence-corrected chi connectivity index (χ2v) is 4.16. The monoisotopic (exact) mass is 230 g/mol. The summed E-state index contributed by atoms with van der Waals surface area (Å²) in [6.45, 7) is 4.15. The number of guanidine groups is 1. The fourth-order valence-electron chi connectivity index (χ4n) is 2.38. The van der Waals surface area contributed by atoms with Gasteiger partial charge in [0.15, 0.2) is 0 Å². The van der Waals surface area contributed by atoms with Gasteiger partial charge < -0.3 is 10.6 Å². The average molecular weight is 230 g/mol. The molecule has 0 bridgehead atoms. The van der Waals surface area contributed by atoms with E-state index in [9.17, 15) is 4.79 Å². The van der Waals surface area contributed by atoms with Crippen molar-refractivity contribution < 1.29 is 4.79 Å². The van der Waals surface area contributed by atoms with Crippen molar-refractivity contribution in [2.24, 2.45) is 4.99 Å². The van der Waals surface area contributed by atoms with Gasteiger partial charge in [-0.05, 0) is 25.1 Å². The van der Waals surface area contributed by atoms with Gasteiger partial charge in [-0.25, -0.2) is 0 Å². The Kier molecular flexibility index (Phi) is 2.07. The Hall–Kier alpha value is -2.04. The molecule has 0 aromatic heterocycles. The molecule has 2 aliphatic heterocycles. The van der Waals surface area contributed by atoms with Gasteiger partial charge in [0.1, 0.15) is 0 Å². The summed E-state index contributed by atoms with van der Waals surface area (Å²) in [5.74, 6) is 0.765. The second kappa shape index (κ2) is 3.48. The molecule has 0 aliphatic carbocycles. The molecule has 1 aromatic rings. The maximum absolute atomic E-state index is 12.3. The van der Waals surface area contributed by atoms with Gasteiger partial charge in [0.2, 0.25) is 5.96 Å². The van der Waals surface area contributed by atoms with Crippen LogP contribution in [0.3, 0.4) is 0 Å². The van der Waals surface area contributed by atoms with Crippen LogP contribution >= 0.6 is 0 Å². The van der Waals surface area contributed by atoms with Gasteiger partial charge >= 0.3 is 0 Å². The van der Waals surface area contributed by atoms with Crippen LogP contribution in [0, 0.1) is 0 Å². The highest BCUT2D eigenvalue weighted by Crippen LogP contribution is 2.31. The Morgan fingerprint density at radius 1 is 1.47 bits per heavy atom. The molecule has 5 heteroatoms. The Morgan fingerprint density at radius 2 is 2.29 bits per heavy atom. The largest absolute Gasteiger partial charge is 0.399 e. The Morgan fingerprint density at radius 3 is 3.06 bits per heavy atom. The van der Waals surface area contributed by atoms with Crippen LogP contribution in [0.5, 0.6) is 0 Å². The number of nitrogens with two attached hydrogens (primary N) is 1. The molecular formula is C12H14N4O. The quantitative estimate of drug-likeness (QED) is 0.730. The van der Waals surface area contributed by atoms with E-state index in [1.165, 1.54) is 0 Å². The molecule has 2 heterocycles. The minimum Gasteiger partial charge on any atom is -0.399 e. The zero-order chi connectivity index (χ0) is 12.0. The van der Waals surface area contributed by atoms with Crippen molar-refractivity contribution in [1.29, 1.82) is 0 Å². The highest BCUT2D eigenvalue weighted by Gasteiger charge is 2.36. The van der Waals surface area contributed by atoms with Crippen LogP contribution in [-0.2, 0) is 0 Å². The number of hydrogen-bond donors (Lipinski definition) is 1. The molecule has 17 heavy (non-hydrogen) atoms. The molecule has 1 aromatic carbocycles. The summed E-state index contributed by atoms with van der Waals surface area (Å²) < 4.78 is 0. The normalized spacial score (nSPS) is 17.9.